The van der Waals surface area contributed by atoms with Gasteiger partial charge in [0.05, 0.1) is 0 Å². The SMILES string of the molecule is C1=c2c(-c3ccccc3)c3c(c(-c4ccccc4)c2=CCC1)-c1ccc2c4ccc5c6c(ccc(c7ccc-3c1c72)c46)c1c(-c2ccccc2)c2cccc3c4ccccc4c(c23)c51. The molecule has 0 N–H and O–H groups in total. The molecule has 0 unspecified atom stereocenters. The average molecular weight is 805 g/mol. The Balaban J connectivity index is 1.09. The Morgan fingerprint density at radius 1 is 0.203 bits per heavy atom. The number of hydrogen-bond donors (Lipinski definition) is 0. The molecule has 0 aromatic heterocycles. The van der Waals surface area contributed by atoms with Crippen LogP contribution in [0.3, 0.4) is 0 Å². The smallest absolute Gasteiger partial charge is 0.000696 e. The molecule has 14 aromatic rings. The number of rotatable bonds is 3. The Hall–Kier alpha value is -8.06. The summed E-state index contributed by atoms with van der Waals surface area (Å²) in [7, 11) is 0. The van der Waals surface area contributed by atoms with Crippen molar-refractivity contribution in [3.05, 3.63) is 192 Å². The predicted octanol–water partition coefficient (Wildman–Crippen LogP) is 16.4. The maximum Gasteiger partial charge on any atom is -0.000696 e. The third-order valence-electron chi connectivity index (χ3n) is 15.4. The molecule has 0 atom stereocenters. The summed E-state index contributed by atoms with van der Waals surface area (Å²) in [5, 5.41) is 27.2. The summed E-state index contributed by atoms with van der Waals surface area (Å²) in [5.74, 6) is 0. The maximum absolute atomic E-state index is 2.51. The number of hydrogen-bond acceptors (Lipinski definition) is 0. The van der Waals surface area contributed by atoms with Gasteiger partial charge in [0.15, 0.2) is 0 Å². The van der Waals surface area contributed by atoms with Crippen molar-refractivity contribution in [3.8, 4) is 55.6 Å². The van der Waals surface area contributed by atoms with Gasteiger partial charge in [-0.2, -0.15) is 0 Å². The lowest BCUT2D eigenvalue weighted by molar-refractivity contribution is 1.12. The summed E-state index contributed by atoms with van der Waals surface area (Å²) in [6.07, 6.45) is 7.13. The molecule has 0 radical (unpaired) electrons. The summed E-state index contributed by atoms with van der Waals surface area (Å²) in [6.45, 7) is 0. The van der Waals surface area contributed by atoms with E-state index in [0.29, 0.717) is 0 Å². The molecule has 14 aromatic carbocycles. The van der Waals surface area contributed by atoms with E-state index in [-0.39, 0.29) is 0 Å². The van der Waals surface area contributed by atoms with Crippen molar-refractivity contribution in [1.82, 2.24) is 0 Å². The zero-order valence-electron chi connectivity index (χ0n) is 34.9. The molecule has 0 fully saturated rings. The fraction of sp³-hybridized carbons (Fsp3) is 0.0312. The van der Waals surface area contributed by atoms with E-state index >= 15 is 0 Å². The summed E-state index contributed by atoms with van der Waals surface area (Å²) >= 11 is 0. The molecule has 16 rings (SSSR count). The molecule has 0 aliphatic heterocycles. The molecule has 0 nitrogen and oxygen atoms in total. The van der Waals surface area contributed by atoms with Crippen molar-refractivity contribution in [3.63, 3.8) is 0 Å². The molecule has 0 spiro atoms. The standard InChI is InChI=1S/C64H36/c1-4-15-35(16-5-1)52-41-23-12-13-24-42(41)53(36-17-6-2-7-18-36)62-49-32-28-44-46-30-34-51-59-50(33-29-45(56(46)59)43-27-31-48(61(52)62)58(49)55(43)44)63-54(37-19-8-3-9-20-37)47-26-14-25-39-38-21-10-11-22-40(38)60(57(39)47)64(51)63/h1-11,14-34H,12-13H2. The molecular formula is C64H36. The highest BCUT2D eigenvalue weighted by molar-refractivity contribution is 6.51. The minimum absolute atomic E-state index is 1.05. The highest BCUT2D eigenvalue weighted by Crippen LogP contribution is 2.58. The van der Waals surface area contributed by atoms with E-state index in [2.05, 4.69) is 194 Å². The van der Waals surface area contributed by atoms with Gasteiger partial charge in [0.1, 0.15) is 0 Å². The van der Waals surface area contributed by atoms with Crippen molar-refractivity contribution in [2.24, 2.45) is 0 Å². The van der Waals surface area contributed by atoms with Gasteiger partial charge < -0.3 is 0 Å². The van der Waals surface area contributed by atoms with Crippen LogP contribution >= 0.6 is 0 Å². The summed E-state index contributed by atoms with van der Waals surface area (Å²) < 4.78 is 0. The third kappa shape index (κ3) is 3.94. The molecular weight excluding hydrogens is 769 g/mol. The van der Waals surface area contributed by atoms with Crippen LogP contribution in [0.15, 0.2) is 182 Å². The van der Waals surface area contributed by atoms with Crippen LogP contribution in [0.2, 0.25) is 0 Å². The molecule has 0 heterocycles. The first-order valence-electron chi connectivity index (χ1n) is 22.8. The normalized spacial score (nSPS) is 13.4. The Kier molecular flexibility index (Phi) is 6.23. The fourth-order valence-electron chi connectivity index (χ4n) is 13.2. The number of benzene rings is 12. The van der Waals surface area contributed by atoms with E-state index in [4.69, 9.17) is 0 Å². The van der Waals surface area contributed by atoms with Gasteiger partial charge in [-0.1, -0.05) is 194 Å². The largest absolute Gasteiger partial charge is 0.0757 e. The van der Waals surface area contributed by atoms with Gasteiger partial charge in [-0.05, 0) is 176 Å². The highest BCUT2D eigenvalue weighted by atomic mass is 14.3. The molecule has 0 saturated heterocycles. The zero-order valence-corrected chi connectivity index (χ0v) is 34.9. The molecule has 2 aliphatic rings. The van der Waals surface area contributed by atoms with Gasteiger partial charge in [-0.25, -0.2) is 0 Å². The summed E-state index contributed by atoms with van der Waals surface area (Å²) in [5.41, 5.74) is 13.4. The quantitative estimate of drug-likeness (QED) is 0.123. The van der Waals surface area contributed by atoms with E-state index < -0.39 is 0 Å². The van der Waals surface area contributed by atoms with Crippen molar-refractivity contribution in [2.45, 2.75) is 12.8 Å². The lowest BCUT2D eigenvalue weighted by atomic mass is 9.83. The van der Waals surface area contributed by atoms with E-state index in [1.54, 1.807) is 0 Å². The summed E-state index contributed by atoms with van der Waals surface area (Å²) in [4.78, 5) is 0. The van der Waals surface area contributed by atoms with Crippen LogP contribution in [0.5, 0.6) is 0 Å². The highest BCUT2D eigenvalue weighted by Gasteiger charge is 2.33. The van der Waals surface area contributed by atoms with Gasteiger partial charge in [0, 0.05) is 0 Å². The van der Waals surface area contributed by atoms with E-state index in [1.807, 2.05) is 0 Å². The minimum Gasteiger partial charge on any atom is -0.0757 e. The van der Waals surface area contributed by atoms with Crippen LogP contribution in [-0.4, -0.2) is 0 Å². The molecule has 2 aliphatic carbocycles. The molecule has 292 valence electrons. The second-order valence-corrected chi connectivity index (χ2v) is 18.3. The minimum atomic E-state index is 1.05. The lowest BCUT2D eigenvalue weighted by Gasteiger charge is -2.20. The maximum atomic E-state index is 2.51. The molecule has 0 amide bonds. The lowest BCUT2D eigenvalue weighted by Crippen LogP contribution is -2.32. The fourth-order valence-corrected chi connectivity index (χ4v) is 13.2. The third-order valence-corrected chi connectivity index (χ3v) is 15.4. The van der Waals surface area contributed by atoms with Crippen molar-refractivity contribution in [2.75, 3.05) is 0 Å². The van der Waals surface area contributed by atoms with E-state index in [1.165, 1.54) is 163 Å². The predicted molar refractivity (Wildman–Crippen MR) is 276 cm³/mol. The van der Waals surface area contributed by atoms with Crippen LogP contribution < -0.4 is 10.4 Å². The first-order valence-corrected chi connectivity index (χ1v) is 22.8. The molecule has 0 bridgehead atoms. The average Bonchev–Trinajstić information content (AvgIpc) is 4.00. The second-order valence-electron chi connectivity index (χ2n) is 18.3. The van der Waals surface area contributed by atoms with Crippen LogP contribution in [0, 0.1) is 0 Å². The van der Waals surface area contributed by atoms with Crippen molar-refractivity contribution >= 4 is 109 Å². The Bertz CT molecular complexity index is 4340. The van der Waals surface area contributed by atoms with E-state index in [0.717, 1.165) is 12.8 Å². The number of fused-ring (bicyclic) bond motifs is 13. The van der Waals surface area contributed by atoms with Gasteiger partial charge in [-0.15, -0.1) is 0 Å². The van der Waals surface area contributed by atoms with E-state index in [9.17, 15) is 0 Å². The van der Waals surface area contributed by atoms with Gasteiger partial charge in [-0.3, -0.25) is 0 Å². The van der Waals surface area contributed by atoms with Crippen LogP contribution in [-0.2, 0) is 0 Å². The first kappa shape index (κ1) is 33.6. The van der Waals surface area contributed by atoms with Crippen molar-refractivity contribution < 1.29 is 0 Å². The molecule has 0 heteroatoms. The van der Waals surface area contributed by atoms with Gasteiger partial charge >= 0.3 is 0 Å². The Labute approximate surface area is 368 Å². The zero-order chi connectivity index (χ0) is 41.4. The molecule has 0 saturated carbocycles. The van der Waals surface area contributed by atoms with Gasteiger partial charge in [0.25, 0.3) is 0 Å². The van der Waals surface area contributed by atoms with Crippen molar-refractivity contribution in [1.29, 1.82) is 0 Å². The second kappa shape index (κ2) is 11.9. The van der Waals surface area contributed by atoms with Crippen LogP contribution in [0.25, 0.3) is 165 Å². The molecule has 64 heavy (non-hydrogen) atoms. The monoisotopic (exact) mass is 804 g/mol. The van der Waals surface area contributed by atoms with Crippen LogP contribution in [0.1, 0.15) is 12.8 Å². The summed E-state index contributed by atoms with van der Waals surface area (Å²) in [6, 6.07) is 69.3. The van der Waals surface area contributed by atoms with Crippen LogP contribution in [0.4, 0.5) is 0 Å². The Morgan fingerprint density at radius 3 is 1.14 bits per heavy atom. The first-order chi connectivity index (χ1) is 31.8. The topological polar surface area (TPSA) is 0 Å². The Morgan fingerprint density at radius 2 is 0.562 bits per heavy atom. The van der Waals surface area contributed by atoms with Gasteiger partial charge in [0.2, 0.25) is 0 Å².